The lowest BCUT2D eigenvalue weighted by Gasteiger charge is -2.29. The number of rotatable bonds is 2. The topological polar surface area (TPSA) is 0 Å². The van der Waals surface area contributed by atoms with Crippen molar-refractivity contribution in [2.75, 3.05) is 0 Å². The van der Waals surface area contributed by atoms with Gasteiger partial charge in [0.05, 0.1) is 0 Å². The van der Waals surface area contributed by atoms with Crippen LogP contribution in [0.1, 0.15) is 52.4 Å². The van der Waals surface area contributed by atoms with Crippen molar-refractivity contribution in [2.24, 2.45) is 11.8 Å². The number of hydrogen-bond donors (Lipinski definition) is 0. The molecule has 0 heteroatoms. The second kappa shape index (κ2) is 4.00. The van der Waals surface area contributed by atoms with Crippen LogP contribution in [0.15, 0.2) is 0 Å². The van der Waals surface area contributed by atoms with Crippen LogP contribution in [0.25, 0.3) is 0 Å². The van der Waals surface area contributed by atoms with Crippen molar-refractivity contribution >= 4 is 0 Å². The third-order valence-electron chi connectivity index (χ3n) is 3.12. The average Bonchev–Trinajstić information content (AvgIpc) is 2.04. The molecule has 0 saturated heterocycles. The van der Waals surface area contributed by atoms with E-state index in [2.05, 4.69) is 13.8 Å². The van der Waals surface area contributed by atoms with Gasteiger partial charge < -0.3 is 0 Å². The fourth-order valence-corrected chi connectivity index (χ4v) is 2.36. The second-order valence-corrected chi connectivity index (χ2v) is 3.62. The van der Waals surface area contributed by atoms with E-state index in [1.54, 1.807) is 0 Å². The molecule has 0 N–H and O–H groups in total. The zero-order valence-electron chi connectivity index (χ0n) is 7.40. The molecule has 0 aromatic carbocycles. The van der Waals surface area contributed by atoms with Gasteiger partial charge in [0.15, 0.2) is 0 Å². The molecule has 1 aliphatic rings. The zero-order valence-corrected chi connectivity index (χ0v) is 7.40. The van der Waals surface area contributed by atoms with Crippen molar-refractivity contribution < 1.29 is 0 Å². The fraction of sp³-hybridized carbons (Fsp3) is 1.00. The fourth-order valence-electron chi connectivity index (χ4n) is 2.36. The standard InChI is InChI=1S/C10H20/c1-3-9-7-5-6-8-10(9)4-2/h9-10H,3-8H2,1-2H3/t9-,10+. The maximum Gasteiger partial charge on any atom is -0.0389 e. The second-order valence-electron chi connectivity index (χ2n) is 3.62. The SMILES string of the molecule is CC[C@@H]1CCCC[C@@H]1CC. The summed E-state index contributed by atoms with van der Waals surface area (Å²) in [6.07, 6.45) is 8.84. The van der Waals surface area contributed by atoms with Gasteiger partial charge >= 0.3 is 0 Å². The highest BCUT2D eigenvalue weighted by atomic mass is 14.3. The molecule has 2 atom stereocenters. The van der Waals surface area contributed by atoms with Crippen LogP contribution >= 0.6 is 0 Å². The highest BCUT2D eigenvalue weighted by Gasteiger charge is 2.21. The third kappa shape index (κ3) is 1.74. The van der Waals surface area contributed by atoms with E-state index in [1.165, 1.54) is 38.5 Å². The van der Waals surface area contributed by atoms with E-state index in [1.807, 2.05) is 0 Å². The molecule has 1 rings (SSSR count). The molecule has 0 aromatic heterocycles. The summed E-state index contributed by atoms with van der Waals surface area (Å²) in [7, 11) is 0. The Morgan fingerprint density at radius 3 is 1.60 bits per heavy atom. The monoisotopic (exact) mass is 140 g/mol. The zero-order chi connectivity index (χ0) is 7.40. The molecule has 60 valence electrons. The normalized spacial score (nSPS) is 34.2. The summed E-state index contributed by atoms with van der Waals surface area (Å²) in [6, 6.07) is 0. The molecular weight excluding hydrogens is 120 g/mol. The summed E-state index contributed by atoms with van der Waals surface area (Å²) in [5.41, 5.74) is 0. The Labute approximate surface area is 65.0 Å². The van der Waals surface area contributed by atoms with Crippen molar-refractivity contribution in [3.63, 3.8) is 0 Å². The van der Waals surface area contributed by atoms with Crippen molar-refractivity contribution in [3.8, 4) is 0 Å². The van der Waals surface area contributed by atoms with E-state index in [-0.39, 0.29) is 0 Å². The summed E-state index contributed by atoms with van der Waals surface area (Å²) in [4.78, 5) is 0. The lowest BCUT2D eigenvalue weighted by Crippen LogP contribution is -2.17. The van der Waals surface area contributed by atoms with Crippen molar-refractivity contribution in [2.45, 2.75) is 52.4 Å². The summed E-state index contributed by atoms with van der Waals surface area (Å²) in [5.74, 6) is 2.14. The van der Waals surface area contributed by atoms with E-state index >= 15 is 0 Å². The maximum absolute atomic E-state index is 2.35. The van der Waals surface area contributed by atoms with Crippen LogP contribution in [0.3, 0.4) is 0 Å². The Morgan fingerprint density at radius 1 is 0.900 bits per heavy atom. The van der Waals surface area contributed by atoms with Crippen LogP contribution in [-0.2, 0) is 0 Å². The molecule has 1 fully saturated rings. The van der Waals surface area contributed by atoms with Crippen LogP contribution < -0.4 is 0 Å². The van der Waals surface area contributed by atoms with Gasteiger partial charge in [-0.15, -0.1) is 0 Å². The predicted molar refractivity (Wildman–Crippen MR) is 46.0 cm³/mol. The molecule has 0 aromatic rings. The first-order valence-electron chi connectivity index (χ1n) is 4.88. The molecule has 0 aliphatic heterocycles. The van der Waals surface area contributed by atoms with Crippen LogP contribution in [0.2, 0.25) is 0 Å². The highest BCUT2D eigenvalue weighted by molar-refractivity contribution is 4.72. The molecule has 0 unspecified atom stereocenters. The van der Waals surface area contributed by atoms with Crippen LogP contribution in [-0.4, -0.2) is 0 Å². The van der Waals surface area contributed by atoms with Gasteiger partial charge in [-0.05, 0) is 11.8 Å². The smallest absolute Gasteiger partial charge is 0.0389 e. The minimum Gasteiger partial charge on any atom is -0.0651 e. The van der Waals surface area contributed by atoms with Gasteiger partial charge in [-0.1, -0.05) is 52.4 Å². The average molecular weight is 140 g/mol. The highest BCUT2D eigenvalue weighted by Crippen LogP contribution is 2.33. The summed E-state index contributed by atoms with van der Waals surface area (Å²) < 4.78 is 0. The van der Waals surface area contributed by atoms with Gasteiger partial charge in [0, 0.05) is 0 Å². The first-order chi connectivity index (χ1) is 4.88. The van der Waals surface area contributed by atoms with Crippen LogP contribution in [0, 0.1) is 11.8 Å². The Bertz CT molecular complexity index is 74.0. The minimum absolute atomic E-state index is 1.07. The van der Waals surface area contributed by atoms with Crippen molar-refractivity contribution in [3.05, 3.63) is 0 Å². The van der Waals surface area contributed by atoms with Gasteiger partial charge in [0.2, 0.25) is 0 Å². The first-order valence-corrected chi connectivity index (χ1v) is 4.88. The maximum atomic E-state index is 2.35. The summed E-state index contributed by atoms with van der Waals surface area (Å²) in [6.45, 7) is 4.69. The van der Waals surface area contributed by atoms with E-state index < -0.39 is 0 Å². The summed E-state index contributed by atoms with van der Waals surface area (Å²) >= 11 is 0. The molecule has 1 saturated carbocycles. The van der Waals surface area contributed by atoms with Gasteiger partial charge in [-0.25, -0.2) is 0 Å². The van der Waals surface area contributed by atoms with E-state index in [9.17, 15) is 0 Å². The minimum atomic E-state index is 1.07. The molecular formula is C10H20. The molecule has 10 heavy (non-hydrogen) atoms. The lowest BCUT2D eigenvalue weighted by molar-refractivity contribution is 0.224. The molecule has 1 aliphatic carbocycles. The van der Waals surface area contributed by atoms with Gasteiger partial charge in [-0.3, -0.25) is 0 Å². The Morgan fingerprint density at radius 2 is 1.30 bits per heavy atom. The van der Waals surface area contributed by atoms with E-state index in [0.29, 0.717) is 0 Å². The Balaban J connectivity index is 2.34. The molecule has 0 spiro atoms. The Kier molecular flexibility index (Phi) is 3.24. The Hall–Kier alpha value is 0. The third-order valence-corrected chi connectivity index (χ3v) is 3.12. The summed E-state index contributed by atoms with van der Waals surface area (Å²) in [5, 5.41) is 0. The number of hydrogen-bond acceptors (Lipinski definition) is 0. The van der Waals surface area contributed by atoms with Crippen molar-refractivity contribution in [1.29, 1.82) is 0 Å². The molecule has 0 nitrogen and oxygen atoms in total. The van der Waals surface area contributed by atoms with E-state index in [4.69, 9.17) is 0 Å². The van der Waals surface area contributed by atoms with Gasteiger partial charge in [0.1, 0.15) is 0 Å². The molecule has 0 amide bonds. The lowest BCUT2D eigenvalue weighted by atomic mass is 9.77. The van der Waals surface area contributed by atoms with Gasteiger partial charge in [0.25, 0.3) is 0 Å². The van der Waals surface area contributed by atoms with E-state index in [0.717, 1.165) is 11.8 Å². The van der Waals surface area contributed by atoms with Crippen molar-refractivity contribution in [1.82, 2.24) is 0 Å². The molecule has 0 heterocycles. The predicted octanol–water partition coefficient (Wildman–Crippen LogP) is 3.61. The first kappa shape index (κ1) is 8.10. The van der Waals surface area contributed by atoms with Crippen LogP contribution in [0.5, 0.6) is 0 Å². The van der Waals surface area contributed by atoms with Crippen LogP contribution in [0.4, 0.5) is 0 Å². The quantitative estimate of drug-likeness (QED) is 0.549. The largest absolute Gasteiger partial charge is 0.0651 e. The molecule has 0 radical (unpaired) electrons. The molecule has 0 bridgehead atoms. The van der Waals surface area contributed by atoms with Gasteiger partial charge in [-0.2, -0.15) is 0 Å².